The van der Waals surface area contributed by atoms with Gasteiger partial charge < -0.3 is 9.74 Å². The average Bonchev–Trinajstić information content (AvgIpc) is 2.56. The van der Waals surface area contributed by atoms with E-state index < -0.39 is 8.32 Å². The normalized spacial score (nSPS) is 21.8. The predicted molar refractivity (Wildman–Crippen MR) is 119 cm³/mol. The second kappa shape index (κ2) is 9.58. The Labute approximate surface area is 176 Å². The first-order valence-corrected chi connectivity index (χ1v) is 13.6. The first-order valence-electron chi connectivity index (χ1n) is 10.4. The molecular weight excluding hydrogens is 395 g/mol. The zero-order valence-electron chi connectivity index (χ0n) is 17.7. The lowest BCUT2D eigenvalue weighted by Crippen LogP contribution is -2.48. The van der Waals surface area contributed by atoms with Crippen molar-refractivity contribution in [1.29, 1.82) is 0 Å². The van der Waals surface area contributed by atoms with Crippen molar-refractivity contribution in [2.75, 3.05) is 6.54 Å². The van der Waals surface area contributed by atoms with Crippen molar-refractivity contribution < 1.29 is 4.43 Å². The number of rotatable bonds is 9. The van der Waals surface area contributed by atoms with E-state index in [-0.39, 0.29) is 6.10 Å². The Morgan fingerprint density at radius 1 is 1.11 bits per heavy atom. The molecule has 0 amide bonds. The van der Waals surface area contributed by atoms with Gasteiger partial charge >= 0.3 is 0 Å². The van der Waals surface area contributed by atoms with Crippen molar-refractivity contribution in [1.82, 2.24) is 10.3 Å². The molecule has 1 saturated carbocycles. The van der Waals surface area contributed by atoms with Gasteiger partial charge in [0.2, 0.25) is 0 Å². The highest BCUT2D eigenvalue weighted by molar-refractivity contribution is 6.73. The third-order valence-corrected chi connectivity index (χ3v) is 11.7. The number of hydrogen-bond acceptors (Lipinski definition) is 3. The number of hydrogen-bond donors (Lipinski definition) is 1. The lowest BCUT2D eigenvalue weighted by Gasteiger charge is -2.45. The Morgan fingerprint density at radius 3 is 2.07 bits per heavy atom. The monoisotopic (exact) mass is 430 g/mol. The summed E-state index contributed by atoms with van der Waals surface area (Å²) >= 11 is 13.0. The van der Waals surface area contributed by atoms with E-state index in [1.165, 1.54) is 12.8 Å². The predicted octanol–water partition coefficient (Wildman–Crippen LogP) is 6.87. The lowest BCUT2D eigenvalue weighted by molar-refractivity contribution is 0.0874. The highest BCUT2D eigenvalue weighted by atomic mass is 35.5. The maximum Gasteiger partial charge on any atom is 0.192 e. The van der Waals surface area contributed by atoms with Crippen LogP contribution in [0.2, 0.25) is 28.2 Å². The van der Waals surface area contributed by atoms with Crippen molar-refractivity contribution >= 4 is 31.5 Å². The van der Waals surface area contributed by atoms with Gasteiger partial charge in [-0.15, -0.1) is 0 Å². The summed E-state index contributed by atoms with van der Waals surface area (Å²) in [5.41, 5.74) is 1.28. The van der Waals surface area contributed by atoms with E-state index in [1.54, 1.807) is 12.4 Å². The highest BCUT2D eigenvalue weighted by Crippen LogP contribution is 2.42. The summed E-state index contributed by atoms with van der Waals surface area (Å²) in [4.78, 5) is 4.11. The molecule has 2 rings (SSSR count). The molecule has 0 bridgehead atoms. The van der Waals surface area contributed by atoms with Gasteiger partial charge in [-0.05, 0) is 42.3 Å². The van der Waals surface area contributed by atoms with E-state index in [0.717, 1.165) is 36.2 Å². The SMILES string of the molecule is CC[Si](CC)(CC)OC(CNC1CC(C(C)(C)C)C1)c1c(Cl)cncc1Cl. The van der Waals surface area contributed by atoms with Crippen LogP contribution in [-0.2, 0) is 4.43 Å². The van der Waals surface area contributed by atoms with Crippen LogP contribution in [0, 0.1) is 11.3 Å². The van der Waals surface area contributed by atoms with Crippen LogP contribution < -0.4 is 5.32 Å². The van der Waals surface area contributed by atoms with Gasteiger partial charge in [0.25, 0.3) is 0 Å². The summed E-state index contributed by atoms with van der Waals surface area (Å²) < 4.78 is 6.83. The van der Waals surface area contributed by atoms with Crippen LogP contribution in [0.3, 0.4) is 0 Å². The van der Waals surface area contributed by atoms with Crippen LogP contribution in [-0.4, -0.2) is 25.9 Å². The molecule has 1 fully saturated rings. The summed E-state index contributed by atoms with van der Waals surface area (Å²) in [6, 6.07) is 3.87. The molecule has 0 saturated heterocycles. The van der Waals surface area contributed by atoms with Crippen molar-refractivity contribution in [2.45, 2.75) is 84.7 Å². The molecule has 3 nitrogen and oxygen atoms in total. The summed E-state index contributed by atoms with van der Waals surface area (Å²) in [6.07, 6.45) is 5.68. The molecule has 0 aliphatic heterocycles. The van der Waals surface area contributed by atoms with Gasteiger partial charge in [0, 0.05) is 30.5 Å². The minimum atomic E-state index is -1.79. The van der Waals surface area contributed by atoms with Gasteiger partial charge in [0.05, 0.1) is 16.1 Å². The fraction of sp³-hybridized carbons (Fsp3) is 0.762. The van der Waals surface area contributed by atoms with Gasteiger partial charge in [-0.3, -0.25) is 4.98 Å². The van der Waals surface area contributed by atoms with E-state index in [4.69, 9.17) is 27.6 Å². The molecule has 27 heavy (non-hydrogen) atoms. The average molecular weight is 432 g/mol. The first-order chi connectivity index (χ1) is 12.7. The molecular formula is C21H36Cl2N2OSi. The Kier molecular flexibility index (Phi) is 8.21. The molecule has 0 spiro atoms. The standard InChI is InChI=1S/C21H36Cl2N2OSi/c1-7-27(8-2,9-3)26-19(20-17(22)12-24-13-18(20)23)14-25-16-10-15(11-16)21(4,5)6/h12-13,15-16,19,25H,7-11,14H2,1-6H3. The molecule has 1 unspecified atom stereocenters. The molecule has 6 heteroatoms. The van der Waals surface area contributed by atoms with E-state index in [9.17, 15) is 0 Å². The van der Waals surface area contributed by atoms with E-state index in [1.807, 2.05) is 0 Å². The van der Waals surface area contributed by atoms with Crippen molar-refractivity contribution in [3.63, 3.8) is 0 Å². The Balaban J connectivity index is 2.14. The molecule has 1 aromatic heterocycles. The quantitative estimate of drug-likeness (QED) is 0.434. The molecule has 0 radical (unpaired) electrons. The number of halogens is 2. The fourth-order valence-corrected chi connectivity index (χ4v) is 7.41. The van der Waals surface area contributed by atoms with Gasteiger partial charge in [0.15, 0.2) is 8.32 Å². The Morgan fingerprint density at radius 2 is 1.63 bits per heavy atom. The summed E-state index contributed by atoms with van der Waals surface area (Å²) in [6.45, 7) is 14.5. The summed E-state index contributed by atoms with van der Waals surface area (Å²) in [7, 11) is -1.79. The molecule has 0 aromatic carbocycles. The third-order valence-electron chi connectivity index (χ3n) is 6.49. The zero-order valence-corrected chi connectivity index (χ0v) is 20.3. The van der Waals surface area contributed by atoms with Gasteiger partial charge in [-0.25, -0.2) is 0 Å². The number of aromatic nitrogens is 1. The van der Waals surface area contributed by atoms with Crippen LogP contribution >= 0.6 is 23.2 Å². The van der Waals surface area contributed by atoms with Crippen LogP contribution in [0.25, 0.3) is 0 Å². The molecule has 154 valence electrons. The lowest BCUT2D eigenvalue weighted by atomic mass is 9.66. The molecule has 1 heterocycles. The van der Waals surface area contributed by atoms with E-state index >= 15 is 0 Å². The second-order valence-corrected chi connectivity index (χ2v) is 14.5. The Hall–Kier alpha value is -0.133. The van der Waals surface area contributed by atoms with Crippen LogP contribution in [0.5, 0.6) is 0 Å². The van der Waals surface area contributed by atoms with E-state index in [2.05, 4.69) is 51.8 Å². The first kappa shape index (κ1) is 23.1. The third kappa shape index (κ3) is 5.69. The van der Waals surface area contributed by atoms with Gasteiger partial charge in [-0.2, -0.15) is 0 Å². The molecule has 1 aromatic rings. The van der Waals surface area contributed by atoms with Crippen molar-refractivity contribution in [3.05, 3.63) is 28.0 Å². The van der Waals surface area contributed by atoms with Crippen molar-refractivity contribution in [2.24, 2.45) is 11.3 Å². The largest absolute Gasteiger partial charge is 0.409 e. The fourth-order valence-electron chi connectivity index (χ4n) is 4.00. The zero-order chi connectivity index (χ0) is 20.2. The summed E-state index contributed by atoms with van der Waals surface area (Å²) in [5, 5.41) is 4.93. The van der Waals surface area contributed by atoms with Gasteiger partial charge in [-0.1, -0.05) is 64.7 Å². The van der Waals surface area contributed by atoms with Crippen LogP contribution in [0.1, 0.15) is 66.1 Å². The highest BCUT2D eigenvalue weighted by Gasteiger charge is 2.38. The minimum Gasteiger partial charge on any atom is -0.409 e. The van der Waals surface area contributed by atoms with Gasteiger partial charge in [0.1, 0.15) is 0 Å². The Bertz CT molecular complexity index is 582. The maximum atomic E-state index is 6.83. The smallest absolute Gasteiger partial charge is 0.192 e. The summed E-state index contributed by atoms with van der Waals surface area (Å²) in [5.74, 6) is 0.790. The van der Waals surface area contributed by atoms with Crippen molar-refractivity contribution in [3.8, 4) is 0 Å². The number of pyridine rings is 1. The molecule has 1 N–H and O–H groups in total. The topological polar surface area (TPSA) is 34.1 Å². The van der Waals surface area contributed by atoms with E-state index in [0.29, 0.717) is 21.5 Å². The number of nitrogens with zero attached hydrogens (tertiary/aromatic N) is 1. The van der Waals surface area contributed by atoms with Crippen LogP contribution in [0.4, 0.5) is 0 Å². The molecule has 1 atom stereocenters. The minimum absolute atomic E-state index is 0.117. The second-order valence-electron chi connectivity index (χ2n) is 9.01. The van der Waals surface area contributed by atoms with Crippen LogP contribution in [0.15, 0.2) is 12.4 Å². The molecule has 1 aliphatic rings. The maximum absolute atomic E-state index is 6.83. The number of nitrogens with one attached hydrogen (secondary N) is 1. The molecule has 1 aliphatic carbocycles.